The van der Waals surface area contributed by atoms with Crippen LogP contribution in [-0.4, -0.2) is 35.0 Å². The van der Waals surface area contributed by atoms with E-state index in [4.69, 9.17) is 5.11 Å². The van der Waals surface area contributed by atoms with Crippen LogP contribution in [-0.2, 0) is 4.79 Å². The number of likely N-dealkylation sites (tertiary alicyclic amines) is 1. The Morgan fingerprint density at radius 2 is 2.05 bits per heavy atom. The van der Waals surface area contributed by atoms with Crippen molar-refractivity contribution in [2.75, 3.05) is 13.1 Å². The Bertz CT molecular complexity index is 523. The van der Waals surface area contributed by atoms with Crippen LogP contribution in [0.3, 0.4) is 0 Å². The molecule has 0 bridgehead atoms. The highest BCUT2D eigenvalue weighted by atomic mass is 19.1. The van der Waals surface area contributed by atoms with Gasteiger partial charge in [-0.15, -0.1) is 0 Å². The van der Waals surface area contributed by atoms with E-state index >= 15 is 0 Å². The molecular weight excluding hydrogens is 249 g/mol. The lowest BCUT2D eigenvalue weighted by molar-refractivity contribution is -0.144. The van der Waals surface area contributed by atoms with Crippen molar-refractivity contribution in [2.24, 2.45) is 11.8 Å². The van der Waals surface area contributed by atoms with Crippen molar-refractivity contribution >= 4 is 11.9 Å². The standard InChI is InChI=1S/C14H16FNO3/c1-8-3-4-11(12(15)5-8)13(17)16-6-10(7-16)9(2)14(18)19/h3-5,9-10H,6-7H2,1-2H3,(H,18,19). The summed E-state index contributed by atoms with van der Waals surface area (Å²) in [5, 5.41) is 8.87. The van der Waals surface area contributed by atoms with Crippen LogP contribution in [0.4, 0.5) is 4.39 Å². The second-order valence-electron chi connectivity index (χ2n) is 5.08. The first-order valence-electron chi connectivity index (χ1n) is 6.18. The Morgan fingerprint density at radius 1 is 1.42 bits per heavy atom. The molecular formula is C14H16FNO3. The van der Waals surface area contributed by atoms with E-state index in [-0.39, 0.29) is 17.4 Å². The molecule has 2 rings (SSSR count). The lowest BCUT2D eigenvalue weighted by atomic mass is 9.86. The molecule has 1 aliphatic rings. The molecule has 1 aromatic rings. The average Bonchev–Trinajstić information content (AvgIpc) is 2.26. The van der Waals surface area contributed by atoms with Crippen molar-refractivity contribution in [1.29, 1.82) is 0 Å². The molecule has 1 fully saturated rings. The van der Waals surface area contributed by atoms with Crippen molar-refractivity contribution in [1.82, 2.24) is 4.90 Å². The van der Waals surface area contributed by atoms with Gasteiger partial charge in [-0.2, -0.15) is 0 Å². The van der Waals surface area contributed by atoms with Gasteiger partial charge in [0.2, 0.25) is 0 Å². The summed E-state index contributed by atoms with van der Waals surface area (Å²) in [7, 11) is 0. The zero-order valence-electron chi connectivity index (χ0n) is 10.9. The Hall–Kier alpha value is -1.91. The first kappa shape index (κ1) is 13.5. The van der Waals surface area contributed by atoms with Crippen molar-refractivity contribution < 1.29 is 19.1 Å². The number of carbonyl (C=O) groups is 2. The quantitative estimate of drug-likeness (QED) is 0.908. The van der Waals surface area contributed by atoms with Gasteiger partial charge in [0.1, 0.15) is 5.82 Å². The number of amides is 1. The highest BCUT2D eigenvalue weighted by Crippen LogP contribution is 2.26. The maximum absolute atomic E-state index is 13.7. The molecule has 1 aliphatic heterocycles. The van der Waals surface area contributed by atoms with E-state index in [0.717, 1.165) is 5.56 Å². The van der Waals surface area contributed by atoms with Crippen molar-refractivity contribution in [3.05, 3.63) is 35.1 Å². The molecule has 0 radical (unpaired) electrons. The first-order chi connectivity index (χ1) is 8.90. The molecule has 0 spiro atoms. The minimum atomic E-state index is -0.862. The third kappa shape index (κ3) is 2.59. The number of hydrogen-bond acceptors (Lipinski definition) is 2. The van der Waals surface area contributed by atoms with Gasteiger partial charge in [-0.25, -0.2) is 4.39 Å². The number of aryl methyl sites for hydroxylation is 1. The second-order valence-corrected chi connectivity index (χ2v) is 5.08. The van der Waals surface area contributed by atoms with Crippen LogP contribution in [0, 0.1) is 24.6 Å². The molecule has 5 heteroatoms. The molecule has 102 valence electrons. The predicted molar refractivity (Wildman–Crippen MR) is 67.3 cm³/mol. The van der Waals surface area contributed by atoms with Crippen LogP contribution in [0.25, 0.3) is 0 Å². The van der Waals surface area contributed by atoms with E-state index in [2.05, 4.69) is 0 Å². The summed E-state index contributed by atoms with van der Waals surface area (Å²) in [5.74, 6) is -2.29. The summed E-state index contributed by atoms with van der Waals surface area (Å²) in [6.45, 7) is 4.13. The zero-order chi connectivity index (χ0) is 14.2. The molecule has 0 saturated carbocycles. The molecule has 1 heterocycles. The van der Waals surface area contributed by atoms with Crippen molar-refractivity contribution in [3.8, 4) is 0 Å². The van der Waals surface area contributed by atoms with Gasteiger partial charge in [0.15, 0.2) is 0 Å². The number of carboxylic acid groups (broad SMARTS) is 1. The fraction of sp³-hybridized carbons (Fsp3) is 0.429. The van der Waals surface area contributed by atoms with Gasteiger partial charge in [-0.05, 0) is 24.6 Å². The van der Waals surface area contributed by atoms with Crippen LogP contribution in [0.15, 0.2) is 18.2 Å². The Labute approximate surface area is 110 Å². The number of hydrogen-bond donors (Lipinski definition) is 1. The minimum Gasteiger partial charge on any atom is -0.481 e. The number of carbonyl (C=O) groups excluding carboxylic acids is 1. The topological polar surface area (TPSA) is 57.6 Å². The third-order valence-electron chi connectivity index (χ3n) is 3.65. The fourth-order valence-electron chi connectivity index (χ4n) is 2.16. The molecule has 1 unspecified atom stereocenters. The largest absolute Gasteiger partial charge is 0.481 e. The Morgan fingerprint density at radius 3 is 2.58 bits per heavy atom. The Kier molecular flexibility index (Phi) is 3.55. The van der Waals surface area contributed by atoms with Gasteiger partial charge in [0.25, 0.3) is 5.91 Å². The third-order valence-corrected chi connectivity index (χ3v) is 3.65. The molecule has 19 heavy (non-hydrogen) atoms. The van der Waals surface area contributed by atoms with E-state index < -0.39 is 17.7 Å². The van der Waals surface area contributed by atoms with Gasteiger partial charge < -0.3 is 10.0 Å². The number of rotatable bonds is 3. The summed E-state index contributed by atoms with van der Waals surface area (Å²) in [5.41, 5.74) is 0.807. The second kappa shape index (κ2) is 4.99. The lowest BCUT2D eigenvalue weighted by Crippen LogP contribution is -2.53. The summed E-state index contributed by atoms with van der Waals surface area (Å²) >= 11 is 0. The van der Waals surface area contributed by atoms with Crippen LogP contribution in [0.1, 0.15) is 22.8 Å². The van der Waals surface area contributed by atoms with Gasteiger partial charge in [-0.3, -0.25) is 9.59 Å². The maximum atomic E-state index is 13.7. The van der Waals surface area contributed by atoms with Crippen molar-refractivity contribution in [3.63, 3.8) is 0 Å². The van der Waals surface area contributed by atoms with Gasteiger partial charge in [0, 0.05) is 19.0 Å². The van der Waals surface area contributed by atoms with Crippen LogP contribution in [0.2, 0.25) is 0 Å². The molecule has 1 N–H and O–H groups in total. The molecule has 4 nitrogen and oxygen atoms in total. The van der Waals surface area contributed by atoms with Crippen LogP contribution < -0.4 is 0 Å². The predicted octanol–water partition coefficient (Wildman–Crippen LogP) is 1.93. The summed E-state index contributed by atoms with van der Waals surface area (Å²) in [4.78, 5) is 24.3. The number of halogens is 1. The normalized spacial score (nSPS) is 16.9. The highest BCUT2D eigenvalue weighted by Gasteiger charge is 2.37. The molecule has 0 aliphatic carbocycles. The monoisotopic (exact) mass is 265 g/mol. The van der Waals surface area contributed by atoms with Gasteiger partial charge in [-0.1, -0.05) is 13.0 Å². The molecule has 1 saturated heterocycles. The zero-order valence-corrected chi connectivity index (χ0v) is 10.9. The SMILES string of the molecule is Cc1ccc(C(=O)N2CC(C(C)C(=O)O)C2)c(F)c1. The summed E-state index contributed by atoms with van der Waals surface area (Å²) < 4.78 is 13.7. The number of aliphatic carboxylic acids is 1. The number of carboxylic acids is 1. The maximum Gasteiger partial charge on any atom is 0.306 e. The molecule has 1 aromatic carbocycles. The van der Waals surface area contributed by atoms with Gasteiger partial charge >= 0.3 is 5.97 Å². The molecule has 1 amide bonds. The first-order valence-corrected chi connectivity index (χ1v) is 6.18. The van der Waals surface area contributed by atoms with E-state index in [1.807, 2.05) is 0 Å². The lowest BCUT2D eigenvalue weighted by Gasteiger charge is -2.41. The number of nitrogens with zero attached hydrogens (tertiary/aromatic N) is 1. The minimum absolute atomic E-state index is 0.0463. The fourth-order valence-corrected chi connectivity index (χ4v) is 2.16. The molecule has 1 atom stereocenters. The number of benzene rings is 1. The van der Waals surface area contributed by atoms with Crippen LogP contribution in [0.5, 0.6) is 0 Å². The van der Waals surface area contributed by atoms with E-state index in [1.54, 1.807) is 19.9 Å². The van der Waals surface area contributed by atoms with Crippen molar-refractivity contribution in [2.45, 2.75) is 13.8 Å². The van der Waals surface area contributed by atoms with E-state index in [1.165, 1.54) is 17.0 Å². The summed E-state index contributed by atoms with van der Waals surface area (Å²) in [6.07, 6.45) is 0. The smallest absolute Gasteiger partial charge is 0.306 e. The molecule has 0 aromatic heterocycles. The van der Waals surface area contributed by atoms with Crippen LogP contribution >= 0.6 is 0 Å². The summed E-state index contributed by atoms with van der Waals surface area (Å²) in [6, 6.07) is 4.48. The Balaban J connectivity index is 2.02. The van der Waals surface area contributed by atoms with E-state index in [9.17, 15) is 14.0 Å². The van der Waals surface area contributed by atoms with E-state index in [0.29, 0.717) is 13.1 Å². The highest BCUT2D eigenvalue weighted by molar-refractivity contribution is 5.95. The average molecular weight is 265 g/mol. The van der Waals surface area contributed by atoms with Gasteiger partial charge in [0.05, 0.1) is 11.5 Å².